The molecule has 2 aromatic heterocycles. The van der Waals surface area contributed by atoms with E-state index in [4.69, 9.17) is 0 Å². The van der Waals surface area contributed by atoms with Gasteiger partial charge in [-0.25, -0.2) is 0 Å². The van der Waals surface area contributed by atoms with Crippen LogP contribution in [0.25, 0.3) is 10.6 Å². The Morgan fingerprint density at radius 2 is 2.00 bits per heavy atom. The lowest BCUT2D eigenvalue weighted by Crippen LogP contribution is -2.12. The third kappa shape index (κ3) is 2.21. The van der Waals surface area contributed by atoms with Crippen molar-refractivity contribution in [3.63, 3.8) is 0 Å². The largest absolute Gasteiger partial charge is 0.260 e. The van der Waals surface area contributed by atoms with Crippen molar-refractivity contribution in [1.29, 1.82) is 0 Å². The summed E-state index contributed by atoms with van der Waals surface area (Å²) in [7, 11) is 0. The van der Waals surface area contributed by atoms with E-state index in [1.807, 2.05) is 12.3 Å². The Bertz CT molecular complexity index is 426. The van der Waals surface area contributed by atoms with Crippen LogP contribution in [0, 0.1) is 0 Å². The van der Waals surface area contributed by atoms with E-state index in [9.17, 15) is 0 Å². The smallest absolute Gasteiger partial charge is 0.149 e. The molecule has 4 heteroatoms. The summed E-state index contributed by atoms with van der Waals surface area (Å²) in [6, 6.07) is 4.10. The van der Waals surface area contributed by atoms with Crippen LogP contribution in [0.1, 0.15) is 26.5 Å². The van der Waals surface area contributed by atoms with Gasteiger partial charge in [-0.05, 0) is 12.1 Å². The zero-order chi connectivity index (χ0) is 10.9. The van der Waals surface area contributed by atoms with Gasteiger partial charge in [-0.1, -0.05) is 32.1 Å². The molecule has 0 saturated carbocycles. The molecule has 2 aromatic rings. The zero-order valence-electron chi connectivity index (χ0n) is 9.06. The average molecular weight is 219 g/mol. The van der Waals surface area contributed by atoms with Crippen molar-refractivity contribution in [2.24, 2.45) is 0 Å². The third-order valence-corrected chi connectivity index (χ3v) is 2.88. The second-order valence-corrected chi connectivity index (χ2v) is 5.26. The van der Waals surface area contributed by atoms with Gasteiger partial charge in [-0.15, -0.1) is 10.2 Å². The van der Waals surface area contributed by atoms with Crippen LogP contribution in [0.2, 0.25) is 0 Å². The second-order valence-electron chi connectivity index (χ2n) is 4.43. The van der Waals surface area contributed by atoms with E-state index in [-0.39, 0.29) is 5.41 Å². The second kappa shape index (κ2) is 3.70. The quantitative estimate of drug-likeness (QED) is 0.740. The Balaban J connectivity index is 2.33. The fraction of sp³-hybridized carbons (Fsp3) is 0.364. The number of hydrogen-bond donors (Lipinski definition) is 0. The predicted octanol–water partition coefficient (Wildman–Crippen LogP) is 2.90. The lowest BCUT2D eigenvalue weighted by atomic mass is 9.91. The molecule has 0 aliphatic heterocycles. The Morgan fingerprint density at radius 3 is 2.47 bits per heavy atom. The van der Waals surface area contributed by atoms with Crippen molar-refractivity contribution in [3.05, 3.63) is 29.5 Å². The lowest BCUT2D eigenvalue weighted by molar-refractivity contribution is 0.569. The van der Waals surface area contributed by atoms with Gasteiger partial charge in [0.15, 0.2) is 0 Å². The molecule has 0 fully saturated rings. The van der Waals surface area contributed by atoms with E-state index < -0.39 is 0 Å². The van der Waals surface area contributed by atoms with Crippen LogP contribution in [-0.4, -0.2) is 15.2 Å². The van der Waals surface area contributed by atoms with Crippen molar-refractivity contribution in [2.75, 3.05) is 0 Å². The van der Waals surface area contributed by atoms with Gasteiger partial charge >= 0.3 is 0 Å². The van der Waals surface area contributed by atoms with Crippen molar-refractivity contribution in [2.45, 2.75) is 26.2 Å². The molecule has 0 unspecified atom stereocenters. The highest BCUT2D eigenvalue weighted by molar-refractivity contribution is 7.12. The maximum absolute atomic E-state index is 4.44. The topological polar surface area (TPSA) is 38.7 Å². The third-order valence-electron chi connectivity index (χ3n) is 2.14. The van der Waals surface area contributed by atoms with Gasteiger partial charge in [0.2, 0.25) is 0 Å². The number of aromatic nitrogens is 3. The number of rotatable bonds is 1. The van der Waals surface area contributed by atoms with E-state index in [0.717, 1.165) is 16.3 Å². The summed E-state index contributed by atoms with van der Waals surface area (Å²) in [4.78, 5) is 4.44. The highest BCUT2D eigenvalue weighted by Crippen LogP contribution is 2.24. The molecule has 78 valence electrons. The molecule has 2 heterocycles. The summed E-state index contributed by atoms with van der Waals surface area (Å²) < 4.78 is 0. The Kier molecular flexibility index (Phi) is 2.52. The molecule has 15 heavy (non-hydrogen) atoms. The summed E-state index contributed by atoms with van der Waals surface area (Å²) in [6.45, 7) is 6.46. The highest BCUT2D eigenvalue weighted by Gasteiger charge is 2.15. The summed E-state index contributed by atoms with van der Waals surface area (Å²) in [6.07, 6.45) is 1.86. The molecule has 3 nitrogen and oxygen atoms in total. The SMILES string of the molecule is CC(C)(C)c1ccc(-c2nncs2)cn1. The normalized spacial score (nSPS) is 11.7. The highest BCUT2D eigenvalue weighted by atomic mass is 32.1. The van der Waals surface area contributed by atoms with Crippen molar-refractivity contribution in [3.8, 4) is 10.6 Å². The monoisotopic (exact) mass is 219 g/mol. The van der Waals surface area contributed by atoms with Gasteiger partial charge < -0.3 is 0 Å². The summed E-state index contributed by atoms with van der Waals surface area (Å²) in [5, 5.41) is 8.74. The molecule has 0 N–H and O–H groups in total. The van der Waals surface area contributed by atoms with Gasteiger partial charge in [-0.2, -0.15) is 0 Å². The van der Waals surface area contributed by atoms with Crippen LogP contribution in [0.4, 0.5) is 0 Å². The van der Waals surface area contributed by atoms with Crippen LogP contribution in [-0.2, 0) is 5.41 Å². The van der Waals surface area contributed by atoms with Gasteiger partial charge in [0.1, 0.15) is 10.5 Å². The molecule has 2 rings (SSSR count). The van der Waals surface area contributed by atoms with Crippen LogP contribution < -0.4 is 0 Å². The number of pyridine rings is 1. The van der Waals surface area contributed by atoms with Crippen molar-refractivity contribution >= 4 is 11.3 Å². The first-order valence-corrected chi connectivity index (χ1v) is 5.68. The molecular weight excluding hydrogens is 206 g/mol. The van der Waals surface area contributed by atoms with Crippen LogP contribution in [0.15, 0.2) is 23.8 Å². The maximum atomic E-state index is 4.44. The van der Waals surface area contributed by atoms with E-state index in [1.165, 1.54) is 11.3 Å². The Labute approximate surface area is 93.2 Å². The Hall–Kier alpha value is -1.29. The maximum Gasteiger partial charge on any atom is 0.149 e. The minimum Gasteiger partial charge on any atom is -0.260 e. The molecule has 0 spiro atoms. The molecule has 0 atom stereocenters. The first kappa shape index (κ1) is 10.2. The average Bonchev–Trinajstić information content (AvgIpc) is 2.69. The van der Waals surface area contributed by atoms with Crippen molar-refractivity contribution < 1.29 is 0 Å². The van der Waals surface area contributed by atoms with Gasteiger partial charge in [0.25, 0.3) is 0 Å². The summed E-state index contributed by atoms with van der Waals surface area (Å²) in [5.74, 6) is 0. The van der Waals surface area contributed by atoms with E-state index >= 15 is 0 Å². The molecule has 0 amide bonds. The number of hydrogen-bond acceptors (Lipinski definition) is 4. The molecule has 0 aliphatic rings. The molecule has 0 saturated heterocycles. The van der Waals surface area contributed by atoms with Gasteiger partial charge in [0, 0.05) is 22.9 Å². The Morgan fingerprint density at radius 1 is 1.20 bits per heavy atom. The molecule has 0 radical (unpaired) electrons. The van der Waals surface area contributed by atoms with Crippen LogP contribution in [0.3, 0.4) is 0 Å². The van der Waals surface area contributed by atoms with Crippen molar-refractivity contribution in [1.82, 2.24) is 15.2 Å². The zero-order valence-corrected chi connectivity index (χ0v) is 9.88. The number of nitrogens with zero attached hydrogens (tertiary/aromatic N) is 3. The fourth-order valence-corrected chi connectivity index (χ4v) is 1.81. The minimum absolute atomic E-state index is 0.0969. The summed E-state index contributed by atoms with van der Waals surface area (Å²) >= 11 is 1.53. The molecule has 0 bridgehead atoms. The van der Waals surface area contributed by atoms with Gasteiger partial charge in [-0.3, -0.25) is 4.98 Å². The lowest BCUT2D eigenvalue weighted by Gasteiger charge is -2.17. The fourth-order valence-electron chi connectivity index (χ4n) is 1.26. The van der Waals surface area contributed by atoms with E-state index in [1.54, 1.807) is 5.51 Å². The first-order chi connectivity index (χ1) is 7.07. The minimum atomic E-state index is 0.0969. The summed E-state index contributed by atoms with van der Waals surface area (Å²) in [5.41, 5.74) is 3.95. The van der Waals surface area contributed by atoms with E-state index in [2.05, 4.69) is 42.0 Å². The molecule has 0 aliphatic carbocycles. The van der Waals surface area contributed by atoms with Crippen LogP contribution >= 0.6 is 11.3 Å². The molecule has 0 aromatic carbocycles. The molecular formula is C11H13N3S. The predicted molar refractivity (Wildman–Crippen MR) is 61.8 cm³/mol. The van der Waals surface area contributed by atoms with E-state index in [0.29, 0.717) is 0 Å². The first-order valence-electron chi connectivity index (χ1n) is 4.80. The van der Waals surface area contributed by atoms with Gasteiger partial charge in [0.05, 0.1) is 0 Å². The van der Waals surface area contributed by atoms with Crippen LogP contribution in [0.5, 0.6) is 0 Å². The standard InChI is InChI=1S/C11H13N3S/c1-11(2,3)9-5-4-8(6-12-9)10-14-13-7-15-10/h4-7H,1-3H3.